The molecule has 26 heavy (non-hydrogen) atoms. The standard InChI is InChI=1S/C17H27N3O6/c1-13(2)19-11-15(21)12-25-16-6-4-14(5-7-16)10-17(22)18-8-3-9-26-20(23)24/h4-7,13,15,19,21H,3,8-12H2,1-2H3,(H,18,22). The van der Waals surface area contributed by atoms with Gasteiger partial charge in [-0.05, 0) is 24.1 Å². The maximum Gasteiger partial charge on any atom is 0.294 e. The largest absolute Gasteiger partial charge is 0.491 e. The summed E-state index contributed by atoms with van der Waals surface area (Å²) in [7, 11) is 0. The Morgan fingerprint density at radius 2 is 2.00 bits per heavy atom. The van der Waals surface area contributed by atoms with Gasteiger partial charge in [0, 0.05) is 19.1 Å². The summed E-state index contributed by atoms with van der Waals surface area (Å²) >= 11 is 0. The fourth-order valence-electron chi connectivity index (χ4n) is 2.01. The summed E-state index contributed by atoms with van der Waals surface area (Å²) in [6.07, 6.45) is -0.0210. The van der Waals surface area contributed by atoms with Crippen LogP contribution in [0.4, 0.5) is 0 Å². The van der Waals surface area contributed by atoms with Crippen LogP contribution in [0.15, 0.2) is 24.3 Å². The molecule has 1 aromatic carbocycles. The Morgan fingerprint density at radius 1 is 1.31 bits per heavy atom. The van der Waals surface area contributed by atoms with E-state index < -0.39 is 11.2 Å². The molecule has 1 aromatic rings. The molecule has 3 N–H and O–H groups in total. The first-order valence-electron chi connectivity index (χ1n) is 8.54. The number of carbonyl (C=O) groups excluding carboxylic acids is 1. The highest BCUT2D eigenvalue weighted by atomic mass is 16.9. The number of nitrogens with one attached hydrogen (secondary N) is 2. The molecule has 0 saturated heterocycles. The molecule has 9 heteroatoms. The molecule has 1 unspecified atom stereocenters. The Morgan fingerprint density at radius 3 is 2.62 bits per heavy atom. The van der Waals surface area contributed by atoms with Gasteiger partial charge in [0.2, 0.25) is 5.91 Å². The monoisotopic (exact) mass is 369 g/mol. The Hall–Kier alpha value is -2.39. The molecule has 0 aliphatic carbocycles. The van der Waals surface area contributed by atoms with Crippen molar-refractivity contribution in [2.24, 2.45) is 0 Å². The highest BCUT2D eigenvalue weighted by Crippen LogP contribution is 2.13. The number of rotatable bonds is 13. The molecule has 146 valence electrons. The first-order valence-corrected chi connectivity index (χ1v) is 8.54. The molecule has 1 rings (SSSR count). The summed E-state index contributed by atoms with van der Waals surface area (Å²) in [5, 5.41) is 24.7. The molecule has 0 aliphatic rings. The molecule has 0 heterocycles. The fourth-order valence-corrected chi connectivity index (χ4v) is 2.01. The predicted octanol–water partition coefficient (Wildman–Crippen LogP) is 0.681. The second-order valence-electron chi connectivity index (χ2n) is 6.11. The zero-order valence-electron chi connectivity index (χ0n) is 15.1. The minimum atomic E-state index is -0.856. The topological polar surface area (TPSA) is 123 Å². The highest BCUT2D eigenvalue weighted by Gasteiger charge is 2.07. The predicted molar refractivity (Wildman–Crippen MR) is 95.4 cm³/mol. The van der Waals surface area contributed by atoms with E-state index in [-0.39, 0.29) is 25.5 Å². The van der Waals surface area contributed by atoms with E-state index in [1.54, 1.807) is 24.3 Å². The fraction of sp³-hybridized carbons (Fsp3) is 0.588. The Kier molecular flexibility index (Phi) is 10.0. The van der Waals surface area contributed by atoms with Gasteiger partial charge in [0.05, 0.1) is 13.0 Å². The SMILES string of the molecule is CC(C)NCC(O)COc1ccc(CC(=O)NCCCO[N+](=O)[O-])cc1. The van der Waals surface area contributed by atoms with Crippen LogP contribution in [0.2, 0.25) is 0 Å². The van der Waals surface area contributed by atoms with Crippen molar-refractivity contribution in [1.82, 2.24) is 10.6 Å². The summed E-state index contributed by atoms with van der Waals surface area (Å²) < 4.78 is 5.51. The number of carbonyl (C=O) groups is 1. The van der Waals surface area contributed by atoms with E-state index in [0.717, 1.165) is 5.56 Å². The number of aliphatic hydroxyl groups is 1. The summed E-state index contributed by atoms with van der Waals surface area (Å²) in [5.41, 5.74) is 0.818. The first-order chi connectivity index (χ1) is 12.4. The molecule has 0 aromatic heterocycles. The maximum absolute atomic E-state index is 11.8. The van der Waals surface area contributed by atoms with Gasteiger partial charge in [0.15, 0.2) is 0 Å². The van der Waals surface area contributed by atoms with Gasteiger partial charge in [-0.1, -0.05) is 26.0 Å². The average molecular weight is 369 g/mol. The Bertz CT molecular complexity index is 550. The van der Waals surface area contributed by atoms with Crippen LogP contribution in [-0.4, -0.2) is 54.5 Å². The van der Waals surface area contributed by atoms with E-state index in [9.17, 15) is 20.0 Å². The van der Waals surface area contributed by atoms with Crippen LogP contribution in [0.5, 0.6) is 5.75 Å². The van der Waals surface area contributed by atoms with E-state index >= 15 is 0 Å². The summed E-state index contributed by atoms with van der Waals surface area (Å²) in [4.78, 5) is 25.9. The summed E-state index contributed by atoms with van der Waals surface area (Å²) in [6, 6.07) is 7.36. The third-order valence-corrected chi connectivity index (χ3v) is 3.33. The lowest BCUT2D eigenvalue weighted by atomic mass is 10.1. The zero-order valence-corrected chi connectivity index (χ0v) is 15.1. The molecular formula is C17H27N3O6. The van der Waals surface area contributed by atoms with Crippen LogP contribution < -0.4 is 15.4 Å². The van der Waals surface area contributed by atoms with Gasteiger partial charge in [-0.3, -0.25) is 4.79 Å². The summed E-state index contributed by atoms with van der Waals surface area (Å²) in [5.74, 6) is 0.449. The second-order valence-corrected chi connectivity index (χ2v) is 6.11. The molecular weight excluding hydrogens is 342 g/mol. The number of hydrogen-bond donors (Lipinski definition) is 3. The third kappa shape index (κ3) is 10.5. The second kappa shape index (κ2) is 12.0. The number of amides is 1. The number of benzene rings is 1. The normalized spacial score (nSPS) is 11.8. The average Bonchev–Trinajstić information content (AvgIpc) is 2.58. The van der Waals surface area contributed by atoms with Crippen LogP contribution >= 0.6 is 0 Å². The number of ether oxygens (including phenoxy) is 1. The molecule has 1 atom stereocenters. The number of aliphatic hydroxyl groups excluding tert-OH is 1. The van der Waals surface area contributed by atoms with Crippen LogP contribution in [-0.2, 0) is 16.1 Å². The lowest BCUT2D eigenvalue weighted by Crippen LogP contribution is -2.35. The molecule has 9 nitrogen and oxygen atoms in total. The van der Waals surface area contributed by atoms with E-state index in [0.29, 0.717) is 31.3 Å². The van der Waals surface area contributed by atoms with Crippen molar-refractivity contribution in [1.29, 1.82) is 0 Å². The summed E-state index contributed by atoms with van der Waals surface area (Å²) in [6.45, 7) is 4.92. The molecule has 0 radical (unpaired) electrons. The maximum atomic E-state index is 11.8. The first kappa shape index (κ1) is 21.7. The van der Waals surface area contributed by atoms with Crippen LogP contribution in [0, 0.1) is 10.1 Å². The van der Waals surface area contributed by atoms with Crippen molar-refractivity contribution in [3.8, 4) is 5.75 Å². The van der Waals surface area contributed by atoms with Crippen LogP contribution in [0.1, 0.15) is 25.8 Å². The van der Waals surface area contributed by atoms with Crippen molar-refractivity contribution in [3.63, 3.8) is 0 Å². The van der Waals surface area contributed by atoms with Crippen molar-refractivity contribution < 1.29 is 24.6 Å². The van der Waals surface area contributed by atoms with Crippen molar-refractivity contribution >= 4 is 5.91 Å². The molecule has 0 fully saturated rings. The molecule has 0 saturated carbocycles. The number of nitrogens with zero attached hydrogens (tertiary/aromatic N) is 1. The van der Waals surface area contributed by atoms with Crippen molar-refractivity contribution in [3.05, 3.63) is 39.9 Å². The van der Waals surface area contributed by atoms with E-state index in [1.165, 1.54) is 0 Å². The smallest absolute Gasteiger partial charge is 0.294 e. The third-order valence-electron chi connectivity index (χ3n) is 3.33. The van der Waals surface area contributed by atoms with Gasteiger partial charge in [-0.25, -0.2) is 0 Å². The molecule has 0 bridgehead atoms. The van der Waals surface area contributed by atoms with Crippen molar-refractivity contribution in [2.45, 2.75) is 38.8 Å². The zero-order chi connectivity index (χ0) is 19.4. The Labute approximate surface area is 152 Å². The van der Waals surface area contributed by atoms with Gasteiger partial charge in [0.1, 0.15) is 18.5 Å². The van der Waals surface area contributed by atoms with Gasteiger partial charge < -0.3 is 25.3 Å². The Balaban J connectivity index is 2.25. The van der Waals surface area contributed by atoms with Crippen LogP contribution in [0.25, 0.3) is 0 Å². The van der Waals surface area contributed by atoms with Gasteiger partial charge in [-0.2, -0.15) is 0 Å². The lowest BCUT2D eigenvalue weighted by Gasteiger charge is -2.15. The molecule has 0 aliphatic heterocycles. The number of hydrogen-bond acceptors (Lipinski definition) is 7. The minimum Gasteiger partial charge on any atom is -0.491 e. The van der Waals surface area contributed by atoms with Gasteiger partial charge in [0.25, 0.3) is 5.09 Å². The lowest BCUT2D eigenvalue weighted by molar-refractivity contribution is -0.757. The van der Waals surface area contributed by atoms with Crippen LogP contribution in [0.3, 0.4) is 0 Å². The van der Waals surface area contributed by atoms with Gasteiger partial charge in [-0.15, -0.1) is 10.1 Å². The van der Waals surface area contributed by atoms with E-state index in [1.807, 2.05) is 13.8 Å². The van der Waals surface area contributed by atoms with Crippen molar-refractivity contribution in [2.75, 3.05) is 26.3 Å². The quantitative estimate of drug-likeness (QED) is 0.265. The minimum absolute atomic E-state index is 0.0438. The van der Waals surface area contributed by atoms with E-state index in [4.69, 9.17) is 4.74 Å². The highest BCUT2D eigenvalue weighted by molar-refractivity contribution is 5.78. The van der Waals surface area contributed by atoms with Gasteiger partial charge >= 0.3 is 0 Å². The molecule has 0 spiro atoms. The molecule has 1 amide bonds. The van der Waals surface area contributed by atoms with E-state index in [2.05, 4.69) is 15.5 Å².